The van der Waals surface area contributed by atoms with Gasteiger partial charge in [-0.05, 0) is 43.6 Å². The summed E-state index contributed by atoms with van der Waals surface area (Å²) in [5.41, 5.74) is 6.83. The van der Waals surface area contributed by atoms with E-state index in [-0.39, 0.29) is 23.9 Å². The van der Waals surface area contributed by atoms with E-state index in [1.54, 1.807) is 0 Å². The van der Waals surface area contributed by atoms with E-state index in [0.717, 1.165) is 31.5 Å². The zero-order valence-electron chi connectivity index (χ0n) is 11.8. The fourth-order valence-corrected chi connectivity index (χ4v) is 3.39. The molecule has 0 bridgehead atoms. The van der Waals surface area contributed by atoms with Crippen LogP contribution in [0.5, 0.6) is 0 Å². The van der Waals surface area contributed by atoms with Gasteiger partial charge in [0.25, 0.3) is 5.91 Å². The Morgan fingerprint density at radius 3 is 2.79 bits per heavy atom. The molecule has 6 heteroatoms. The molecule has 0 radical (unpaired) electrons. The van der Waals surface area contributed by atoms with Crippen LogP contribution in [0.15, 0.2) is 0 Å². The van der Waals surface area contributed by atoms with Crippen molar-refractivity contribution in [2.24, 2.45) is 5.73 Å². The van der Waals surface area contributed by atoms with E-state index in [9.17, 15) is 4.79 Å². The van der Waals surface area contributed by atoms with E-state index in [0.29, 0.717) is 4.88 Å². The molecule has 1 aromatic heterocycles. The van der Waals surface area contributed by atoms with E-state index in [1.165, 1.54) is 11.5 Å². The summed E-state index contributed by atoms with van der Waals surface area (Å²) in [4.78, 5) is 15.3. The Hall–Kier alpha value is -1.01. The predicted octanol–water partition coefficient (Wildman–Crippen LogP) is 2.00. The highest BCUT2D eigenvalue weighted by Gasteiger charge is 2.32. The maximum Gasteiger partial charge on any atom is 0.267 e. The first-order chi connectivity index (χ1) is 9.02. The summed E-state index contributed by atoms with van der Waals surface area (Å²) >= 11 is 1.20. The summed E-state index contributed by atoms with van der Waals surface area (Å²) in [6.45, 7) is 6.84. The Kier molecular flexibility index (Phi) is 4.52. The van der Waals surface area contributed by atoms with Crippen LogP contribution in [0, 0.1) is 0 Å². The lowest BCUT2D eigenvalue weighted by atomic mass is 9.96. The summed E-state index contributed by atoms with van der Waals surface area (Å²) in [7, 11) is 0. The molecule has 1 aliphatic heterocycles. The Balaban J connectivity index is 2.24. The van der Waals surface area contributed by atoms with Gasteiger partial charge in [-0.15, -0.1) is 5.10 Å². The van der Waals surface area contributed by atoms with Crippen LogP contribution in [0.2, 0.25) is 0 Å². The van der Waals surface area contributed by atoms with E-state index in [4.69, 9.17) is 5.73 Å². The number of amides is 1. The molecule has 1 aliphatic rings. The summed E-state index contributed by atoms with van der Waals surface area (Å²) < 4.78 is 3.94. The number of hydrogen-bond donors (Lipinski definition) is 1. The fraction of sp³-hybridized carbons (Fsp3) is 0.769. The largest absolute Gasteiger partial charge is 0.333 e. The Morgan fingerprint density at radius 2 is 2.16 bits per heavy atom. The second-order valence-electron chi connectivity index (χ2n) is 5.56. The molecule has 0 saturated carbocycles. The Bertz CT molecular complexity index is 444. The van der Waals surface area contributed by atoms with Crippen molar-refractivity contribution in [3.8, 4) is 0 Å². The van der Waals surface area contributed by atoms with Crippen molar-refractivity contribution in [1.82, 2.24) is 14.5 Å². The first-order valence-electron chi connectivity index (χ1n) is 6.91. The number of aromatic nitrogens is 2. The highest BCUT2D eigenvalue weighted by atomic mass is 32.1. The predicted molar refractivity (Wildman–Crippen MR) is 76.3 cm³/mol. The lowest BCUT2D eigenvalue weighted by Gasteiger charge is -2.37. The molecule has 1 amide bonds. The summed E-state index contributed by atoms with van der Waals surface area (Å²) in [5.74, 6) is 0.275. The third-order valence-electron chi connectivity index (χ3n) is 3.67. The molecule has 19 heavy (non-hydrogen) atoms. The van der Waals surface area contributed by atoms with Gasteiger partial charge in [-0.1, -0.05) is 18.3 Å². The van der Waals surface area contributed by atoms with Gasteiger partial charge in [0.1, 0.15) is 4.88 Å². The molecule has 1 aromatic rings. The third kappa shape index (κ3) is 2.95. The molecular formula is C13H22N4OS. The topological polar surface area (TPSA) is 72.1 Å². The van der Waals surface area contributed by atoms with Crippen molar-refractivity contribution in [2.45, 2.75) is 58.0 Å². The van der Waals surface area contributed by atoms with Gasteiger partial charge in [-0.3, -0.25) is 4.79 Å². The zero-order chi connectivity index (χ0) is 14.0. The first kappa shape index (κ1) is 14.4. The van der Waals surface area contributed by atoms with Crippen LogP contribution < -0.4 is 5.73 Å². The minimum atomic E-state index is 0.00707. The zero-order valence-corrected chi connectivity index (χ0v) is 12.6. The van der Waals surface area contributed by atoms with E-state index in [2.05, 4.69) is 9.59 Å². The number of nitrogens with two attached hydrogens (primary N) is 1. The molecule has 0 aliphatic carbocycles. The van der Waals surface area contributed by atoms with Gasteiger partial charge < -0.3 is 10.6 Å². The van der Waals surface area contributed by atoms with Crippen LogP contribution >= 0.6 is 11.5 Å². The molecule has 2 unspecified atom stereocenters. The lowest BCUT2D eigenvalue weighted by Crippen LogP contribution is -2.51. The quantitative estimate of drug-likeness (QED) is 0.920. The molecule has 2 rings (SSSR count). The van der Waals surface area contributed by atoms with Crippen LogP contribution in [-0.4, -0.2) is 39.0 Å². The monoisotopic (exact) mass is 282 g/mol. The molecular weight excluding hydrogens is 260 g/mol. The van der Waals surface area contributed by atoms with E-state index in [1.807, 2.05) is 25.7 Å². The number of carbonyl (C=O) groups is 1. The molecule has 1 saturated heterocycles. The molecule has 2 heterocycles. The van der Waals surface area contributed by atoms with E-state index < -0.39 is 0 Å². The molecule has 1 fully saturated rings. The first-order valence-corrected chi connectivity index (χ1v) is 7.68. The van der Waals surface area contributed by atoms with Crippen molar-refractivity contribution in [3.05, 3.63) is 10.6 Å². The van der Waals surface area contributed by atoms with Crippen molar-refractivity contribution in [1.29, 1.82) is 0 Å². The van der Waals surface area contributed by atoms with Crippen LogP contribution in [0.4, 0.5) is 0 Å². The van der Waals surface area contributed by atoms with Crippen molar-refractivity contribution in [2.75, 3.05) is 6.54 Å². The minimum Gasteiger partial charge on any atom is -0.333 e. The third-order valence-corrected chi connectivity index (χ3v) is 4.40. The maximum absolute atomic E-state index is 12.7. The molecule has 0 spiro atoms. The normalized spacial score (nSPS) is 21.7. The number of carbonyl (C=O) groups excluding carboxylic acids is 1. The number of hydrogen-bond acceptors (Lipinski definition) is 5. The second-order valence-corrected chi connectivity index (χ2v) is 6.32. The van der Waals surface area contributed by atoms with E-state index >= 15 is 0 Å². The second kappa shape index (κ2) is 5.96. The summed E-state index contributed by atoms with van der Waals surface area (Å²) in [6, 6.07) is 0.149. The SMILES string of the molecule is CC(C)c1nnsc1C(=O)N1CCCCC1C(C)N. The molecule has 5 nitrogen and oxygen atoms in total. The molecule has 106 valence electrons. The minimum absolute atomic E-state index is 0.00707. The van der Waals surface area contributed by atoms with Gasteiger partial charge in [0.05, 0.1) is 5.69 Å². The fourth-order valence-electron chi connectivity index (χ4n) is 2.61. The van der Waals surface area contributed by atoms with Gasteiger partial charge in [0, 0.05) is 18.6 Å². The number of likely N-dealkylation sites (tertiary alicyclic amines) is 1. The van der Waals surface area contributed by atoms with Crippen molar-refractivity contribution >= 4 is 17.4 Å². The number of piperidine rings is 1. The van der Waals surface area contributed by atoms with Gasteiger partial charge in [-0.25, -0.2) is 0 Å². The average molecular weight is 282 g/mol. The van der Waals surface area contributed by atoms with Crippen LogP contribution in [0.3, 0.4) is 0 Å². The average Bonchev–Trinajstić information content (AvgIpc) is 2.87. The van der Waals surface area contributed by atoms with Crippen molar-refractivity contribution < 1.29 is 4.79 Å². The number of rotatable bonds is 3. The Morgan fingerprint density at radius 1 is 1.42 bits per heavy atom. The van der Waals surface area contributed by atoms with Crippen LogP contribution in [0.25, 0.3) is 0 Å². The smallest absolute Gasteiger partial charge is 0.267 e. The number of nitrogens with zero attached hydrogens (tertiary/aromatic N) is 3. The van der Waals surface area contributed by atoms with Gasteiger partial charge in [0.15, 0.2) is 0 Å². The van der Waals surface area contributed by atoms with Crippen LogP contribution in [0.1, 0.15) is 61.3 Å². The Labute approximate surface area is 118 Å². The summed E-state index contributed by atoms with van der Waals surface area (Å²) in [6.07, 6.45) is 3.19. The molecule has 2 N–H and O–H groups in total. The highest BCUT2D eigenvalue weighted by Crippen LogP contribution is 2.26. The molecule has 2 atom stereocenters. The maximum atomic E-state index is 12.7. The molecule has 0 aromatic carbocycles. The van der Waals surface area contributed by atoms with Gasteiger partial charge >= 0.3 is 0 Å². The standard InChI is InChI=1S/C13H22N4OS/c1-8(2)11-12(19-16-15-11)13(18)17-7-5-4-6-10(17)9(3)14/h8-10H,4-7,14H2,1-3H3. The summed E-state index contributed by atoms with van der Waals surface area (Å²) in [5, 5.41) is 4.09. The van der Waals surface area contributed by atoms with Gasteiger partial charge in [0.2, 0.25) is 0 Å². The lowest BCUT2D eigenvalue weighted by molar-refractivity contribution is 0.0587. The van der Waals surface area contributed by atoms with Crippen molar-refractivity contribution in [3.63, 3.8) is 0 Å². The van der Waals surface area contributed by atoms with Crippen LogP contribution in [-0.2, 0) is 0 Å². The van der Waals surface area contributed by atoms with Gasteiger partial charge in [-0.2, -0.15) is 0 Å². The highest BCUT2D eigenvalue weighted by molar-refractivity contribution is 7.08.